The summed E-state index contributed by atoms with van der Waals surface area (Å²) in [4.78, 5) is 22.4. The second-order valence-corrected chi connectivity index (χ2v) is 7.94. The van der Waals surface area contributed by atoms with Gasteiger partial charge in [0.25, 0.3) is 5.91 Å². The van der Waals surface area contributed by atoms with Crippen LogP contribution in [0.1, 0.15) is 16.9 Å². The molecule has 1 aliphatic rings. The summed E-state index contributed by atoms with van der Waals surface area (Å²) < 4.78 is 23.0. The third-order valence-electron chi connectivity index (χ3n) is 3.89. The van der Waals surface area contributed by atoms with E-state index in [1.165, 1.54) is 11.1 Å². The fourth-order valence-electron chi connectivity index (χ4n) is 2.58. The standard InChI is InChI=1S/C16H18N4O3S/c1-20(13-5-3-2-4-6-13)15(21)14-7-9-17-16(19-14)18-12-8-10-24(22,23)11-12/h2-7,9,12H,8,10-11H2,1H3,(H,17,18,19). The molecule has 2 heterocycles. The average Bonchev–Trinajstić information content (AvgIpc) is 2.93. The Balaban J connectivity index is 1.74. The van der Waals surface area contributed by atoms with Crippen molar-refractivity contribution in [3.05, 3.63) is 48.3 Å². The van der Waals surface area contributed by atoms with Crippen molar-refractivity contribution in [2.75, 3.05) is 28.8 Å². The van der Waals surface area contributed by atoms with E-state index in [0.29, 0.717) is 6.42 Å². The van der Waals surface area contributed by atoms with Crippen molar-refractivity contribution < 1.29 is 13.2 Å². The van der Waals surface area contributed by atoms with E-state index in [-0.39, 0.29) is 35.1 Å². The normalized spacial score (nSPS) is 19.0. The lowest BCUT2D eigenvalue weighted by molar-refractivity contribution is 0.0988. The van der Waals surface area contributed by atoms with E-state index in [1.54, 1.807) is 13.1 Å². The van der Waals surface area contributed by atoms with Crippen molar-refractivity contribution >= 4 is 27.4 Å². The minimum absolute atomic E-state index is 0.0679. The molecule has 0 spiro atoms. The predicted octanol–water partition coefficient (Wildman–Crippen LogP) is 1.35. The number of carbonyl (C=O) groups excluding carboxylic acids is 1. The summed E-state index contributed by atoms with van der Waals surface area (Å²) in [7, 11) is -1.31. The van der Waals surface area contributed by atoms with Gasteiger partial charge < -0.3 is 10.2 Å². The molecule has 7 nitrogen and oxygen atoms in total. The number of sulfone groups is 1. The summed E-state index contributed by atoms with van der Waals surface area (Å²) in [6.07, 6.45) is 2.01. The van der Waals surface area contributed by atoms with Crippen molar-refractivity contribution in [3.63, 3.8) is 0 Å². The van der Waals surface area contributed by atoms with E-state index in [1.807, 2.05) is 30.3 Å². The van der Waals surface area contributed by atoms with Crippen LogP contribution >= 0.6 is 0 Å². The molecular formula is C16H18N4O3S. The van der Waals surface area contributed by atoms with Gasteiger partial charge >= 0.3 is 0 Å². The van der Waals surface area contributed by atoms with Gasteiger partial charge in [-0.25, -0.2) is 18.4 Å². The Labute approximate surface area is 140 Å². The Morgan fingerprint density at radius 3 is 2.67 bits per heavy atom. The lowest BCUT2D eigenvalue weighted by Gasteiger charge is -2.17. The zero-order valence-electron chi connectivity index (χ0n) is 13.2. The number of hydrogen-bond donors (Lipinski definition) is 1. The van der Waals surface area contributed by atoms with Gasteiger partial charge in [0, 0.05) is 25.0 Å². The molecule has 1 N–H and O–H groups in total. The quantitative estimate of drug-likeness (QED) is 0.898. The molecule has 8 heteroatoms. The monoisotopic (exact) mass is 346 g/mol. The maximum Gasteiger partial charge on any atom is 0.276 e. The van der Waals surface area contributed by atoms with Gasteiger partial charge in [0.1, 0.15) is 5.69 Å². The van der Waals surface area contributed by atoms with E-state index >= 15 is 0 Å². The zero-order valence-corrected chi connectivity index (χ0v) is 14.0. The first kappa shape index (κ1) is 16.4. The number of benzene rings is 1. The topological polar surface area (TPSA) is 92.3 Å². The Bertz CT molecular complexity index is 839. The second kappa shape index (κ2) is 6.56. The first-order valence-electron chi connectivity index (χ1n) is 7.58. The van der Waals surface area contributed by atoms with Gasteiger partial charge in [-0.05, 0) is 24.6 Å². The number of carbonyl (C=O) groups is 1. The van der Waals surface area contributed by atoms with Crippen molar-refractivity contribution in [1.29, 1.82) is 0 Å². The highest BCUT2D eigenvalue weighted by atomic mass is 32.2. The van der Waals surface area contributed by atoms with Crippen LogP contribution in [0.15, 0.2) is 42.6 Å². The molecule has 1 aromatic carbocycles. The zero-order chi connectivity index (χ0) is 17.2. The maximum absolute atomic E-state index is 12.5. The van der Waals surface area contributed by atoms with Crippen LogP contribution in [-0.4, -0.2) is 48.9 Å². The van der Waals surface area contributed by atoms with Crippen LogP contribution in [0, 0.1) is 0 Å². The van der Waals surface area contributed by atoms with E-state index in [9.17, 15) is 13.2 Å². The molecule has 1 atom stereocenters. The van der Waals surface area contributed by atoms with Crippen LogP contribution in [0.25, 0.3) is 0 Å². The van der Waals surface area contributed by atoms with Gasteiger partial charge in [-0.3, -0.25) is 4.79 Å². The molecule has 0 radical (unpaired) electrons. The van der Waals surface area contributed by atoms with Crippen LogP contribution in [-0.2, 0) is 9.84 Å². The fourth-order valence-corrected chi connectivity index (χ4v) is 4.25. The maximum atomic E-state index is 12.5. The number of rotatable bonds is 4. The van der Waals surface area contributed by atoms with Crippen LogP contribution in [0.4, 0.5) is 11.6 Å². The summed E-state index contributed by atoms with van der Waals surface area (Å²) in [6, 6.07) is 10.6. The lowest BCUT2D eigenvalue weighted by atomic mass is 10.2. The number of para-hydroxylation sites is 1. The Morgan fingerprint density at radius 1 is 1.25 bits per heavy atom. The minimum Gasteiger partial charge on any atom is -0.350 e. The van der Waals surface area contributed by atoms with Crippen LogP contribution in [0.3, 0.4) is 0 Å². The summed E-state index contributed by atoms with van der Waals surface area (Å²) >= 11 is 0. The van der Waals surface area contributed by atoms with Crippen molar-refractivity contribution in [1.82, 2.24) is 9.97 Å². The molecule has 1 fully saturated rings. The molecule has 1 unspecified atom stereocenters. The number of nitrogens with zero attached hydrogens (tertiary/aromatic N) is 3. The van der Waals surface area contributed by atoms with Gasteiger partial charge in [0.2, 0.25) is 5.95 Å². The molecule has 24 heavy (non-hydrogen) atoms. The lowest BCUT2D eigenvalue weighted by Crippen LogP contribution is -2.28. The molecule has 126 valence electrons. The average molecular weight is 346 g/mol. The Morgan fingerprint density at radius 2 is 2.00 bits per heavy atom. The first-order chi connectivity index (χ1) is 11.4. The van der Waals surface area contributed by atoms with E-state index in [4.69, 9.17) is 0 Å². The van der Waals surface area contributed by atoms with Crippen LogP contribution in [0.2, 0.25) is 0 Å². The van der Waals surface area contributed by atoms with Gasteiger partial charge in [-0.15, -0.1) is 0 Å². The highest BCUT2D eigenvalue weighted by molar-refractivity contribution is 7.91. The summed E-state index contributed by atoms with van der Waals surface area (Å²) in [5, 5.41) is 3.00. The predicted molar refractivity (Wildman–Crippen MR) is 91.9 cm³/mol. The highest BCUT2D eigenvalue weighted by Gasteiger charge is 2.28. The smallest absolute Gasteiger partial charge is 0.276 e. The minimum atomic E-state index is -2.98. The number of nitrogens with one attached hydrogen (secondary N) is 1. The first-order valence-corrected chi connectivity index (χ1v) is 9.40. The Hall–Kier alpha value is -2.48. The molecule has 0 saturated carbocycles. The van der Waals surface area contributed by atoms with Gasteiger partial charge in [0.15, 0.2) is 9.84 Å². The molecule has 2 aromatic rings. The SMILES string of the molecule is CN(C(=O)c1ccnc(NC2CCS(=O)(=O)C2)n1)c1ccccc1. The number of aromatic nitrogens is 2. The largest absolute Gasteiger partial charge is 0.350 e. The van der Waals surface area contributed by atoms with Gasteiger partial charge in [-0.2, -0.15) is 0 Å². The molecule has 1 saturated heterocycles. The summed E-state index contributed by atoms with van der Waals surface area (Å²) in [6.45, 7) is 0. The van der Waals surface area contributed by atoms with E-state index in [0.717, 1.165) is 5.69 Å². The molecule has 1 amide bonds. The third kappa shape index (κ3) is 3.70. The number of amides is 1. The molecule has 0 aliphatic carbocycles. The van der Waals surface area contributed by atoms with Gasteiger partial charge in [-0.1, -0.05) is 18.2 Å². The second-order valence-electron chi connectivity index (χ2n) is 5.71. The number of hydrogen-bond acceptors (Lipinski definition) is 6. The third-order valence-corrected chi connectivity index (χ3v) is 5.66. The van der Waals surface area contributed by atoms with Crippen molar-refractivity contribution in [2.24, 2.45) is 0 Å². The molecule has 0 bridgehead atoms. The molecular weight excluding hydrogens is 328 g/mol. The van der Waals surface area contributed by atoms with Crippen LogP contribution in [0.5, 0.6) is 0 Å². The Kier molecular flexibility index (Phi) is 4.48. The van der Waals surface area contributed by atoms with E-state index in [2.05, 4.69) is 15.3 Å². The molecule has 3 rings (SSSR count). The number of anilines is 2. The van der Waals surface area contributed by atoms with Crippen molar-refractivity contribution in [3.8, 4) is 0 Å². The summed E-state index contributed by atoms with van der Waals surface area (Å²) in [5.41, 5.74) is 1.01. The highest BCUT2D eigenvalue weighted by Crippen LogP contribution is 2.17. The summed E-state index contributed by atoms with van der Waals surface area (Å²) in [5.74, 6) is 0.244. The molecule has 1 aromatic heterocycles. The van der Waals surface area contributed by atoms with Crippen molar-refractivity contribution in [2.45, 2.75) is 12.5 Å². The molecule has 1 aliphatic heterocycles. The van der Waals surface area contributed by atoms with Crippen LogP contribution < -0.4 is 10.2 Å². The van der Waals surface area contributed by atoms with E-state index < -0.39 is 9.84 Å². The van der Waals surface area contributed by atoms with Gasteiger partial charge in [0.05, 0.1) is 11.5 Å². The fraction of sp³-hybridized carbons (Fsp3) is 0.312.